The van der Waals surface area contributed by atoms with Crippen molar-refractivity contribution in [2.75, 3.05) is 0 Å². The minimum atomic E-state index is -0.559. The van der Waals surface area contributed by atoms with Crippen LogP contribution in [0, 0.1) is 6.07 Å². The summed E-state index contributed by atoms with van der Waals surface area (Å²) in [4.78, 5) is 15.5. The zero-order valence-electron chi connectivity index (χ0n) is 8.64. The number of primary amides is 1. The molecule has 0 spiro atoms. The lowest BCUT2D eigenvalue weighted by Gasteiger charge is -1.99. The van der Waals surface area contributed by atoms with Crippen molar-refractivity contribution in [3.8, 4) is 0 Å². The summed E-state index contributed by atoms with van der Waals surface area (Å²) >= 11 is 5.94. The summed E-state index contributed by atoms with van der Waals surface area (Å²) in [6, 6.07) is 7.62. The first-order valence-corrected chi connectivity index (χ1v) is 5.31. The van der Waals surface area contributed by atoms with Crippen LogP contribution in [0.1, 0.15) is 0 Å². The van der Waals surface area contributed by atoms with Crippen LogP contribution in [-0.4, -0.2) is 15.6 Å². The summed E-state index contributed by atoms with van der Waals surface area (Å²) < 4.78 is 1.38. The van der Waals surface area contributed by atoms with Crippen LogP contribution in [0.2, 0.25) is 5.02 Å². The maximum Gasteiger partial charge on any atom is 0.323 e. The first-order chi connectivity index (χ1) is 8.18. The van der Waals surface area contributed by atoms with Gasteiger partial charge in [0.25, 0.3) is 0 Å². The van der Waals surface area contributed by atoms with Crippen molar-refractivity contribution < 1.29 is 4.79 Å². The Morgan fingerprint density at radius 1 is 1.47 bits per heavy atom. The number of amides is 1. The fraction of sp³-hybridized carbons (Fsp3) is 0. The number of nitrogens with two attached hydrogens (primary N) is 1. The van der Waals surface area contributed by atoms with E-state index in [9.17, 15) is 4.79 Å². The van der Waals surface area contributed by atoms with Crippen molar-refractivity contribution in [3.05, 3.63) is 41.7 Å². The lowest BCUT2D eigenvalue weighted by atomic mass is 10.2. The average Bonchev–Trinajstić information content (AvgIpc) is 2.63. The predicted octanol–water partition coefficient (Wildman–Crippen LogP) is 2.57. The van der Waals surface area contributed by atoms with Gasteiger partial charge in [-0.3, -0.25) is 9.55 Å². The van der Waals surface area contributed by atoms with Crippen LogP contribution in [0.25, 0.3) is 21.8 Å². The Bertz CT molecular complexity index is 748. The molecule has 17 heavy (non-hydrogen) atoms. The monoisotopic (exact) mass is 244 g/mol. The highest BCUT2D eigenvalue weighted by Crippen LogP contribution is 2.29. The van der Waals surface area contributed by atoms with Crippen LogP contribution >= 0.6 is 11.6 Å². The number of hydrogen-bond acceptors (Lipinski definition) is 2. The Kier molecular flexibility index (Phi) is 2.06. The van der Waals surface area contributed by atoms with Gasteiger partial charge in [-0.2, -0.15) is 0 Å². The number of nitrogens with zero attached hydrogens (tertiary/aromatic N) is 2. The van der Waals surface area contributed by atoms with E-state index < -0.39 is 6.03 Å². The molecular formula is C12H7ClN3O. The number of hydrogen-bond donors (Lipinski definition) is 1. The largest absolute Gasteiger partial charge is 0.351 e. The Hall–Kier alpha value is -2.07. The summed E-state index contributed by atoms with van der Waals surface area (Å²) in [7, 11) is 0. The van der Waals surface area contributed by atoms with Gasteiger partial charge in [0.1, 0.15) is 0 Å². The second kappa shape index (κ2) is 3.46. The minimum Gasteiger partial charge on any atom is -0.351 e. The molecule has 0 fully saturated rings. The topological polar surface area (TPSA) is 60.9 Å². The number of rotatable bonds is 0. The maximum atomic E-state index is 11.5. The molecule has 0 saturated heterocycles. The first kappa shape index (κ1) is 10.1. The highest BCUT2D eigenvalue weighted by Gasteiger charge is 2.13. The van der Waals surface area contributed by atoms with Crippen molar-refractivity contribution in [3.63, 3.8) is 0 Å². The van der Waals surface area contributed by atoms with Gasteiger partial charge in [-0.05, 0) is 18.2 Å². The highest BCUT2D eigenvalue weighted by atomic mass is 35.5. The van der Waals surface area contributed by atoms with Crippen LogP contribution in [0.15, 0.2) is 30.6 Å². The third-order valence-corrected chi connectivity index (χ3v) is 2.88. The number of aromatic nitrogens is 2. The van der Waals surface area contributed by atoms with Gasteiger partial charge in [0.15, 0.2) is 0 Å². The number of pyridine rings is 1. The van der Waals surface area contributed by atoms with Crippen molar-refractivity contribution in [2.45, 2.75) is 0 Å². The Morgan fingerprint density at radius 2 is 2.29 bits per heavy atom. The fourth-order valence-electron chi connectivity index (χ4n) is 1.99. The van der Waals surface area contributed by atoms with Crippen LogP contribution in [0.3, 0.4) is 0 Å². The number of carbonyl (C=O) groups is 1. The Balaban J connectivity index is 2.62. The van der Waals surface area contributed by atoms with E-state index in [1.165, 1.54) is 4.57 Å². The molecule has 1 radical (unpaired) electrons. The molecule has 0 saturated carbocycles. The van der Waals surface area contributed by atoms with E-state index in [4.69, 9.17) is 17.3 Å². The van der Waals surface area contributed by atoms with E-state index in [0.717, 1.165) is 10.8 Å². The molecule has 83 valence electrons. The second-order valence-corrected chi connectivity index (χ2v) is 4.08. The van der Waals surface area contributed by atoms with Crippen LogP contribution in [-0.2, 0) is 0 Å². The number of fused-ring (bicyclic) bond motifs is 3. The van der Waals surface area contributed by atoms with Crippen LogP contribution < -0.4 is 5.73 Å². The quantitative estimate of drug-likeness (QED) is 0.661. The van der Waals surface area contributed by atoms with E-state index in [2.05, 4.69) is 11.1 Å². The molecule has 2 N–H and O–H groups in total. The molecule has 0 aliphatic heterocycles. The van der Waals surface area contributed by atoms with E-state index in [-0.39, 0.29) is 0 Å². The molecule has 2 heterocycles. The summed E-state index contributed by atoms with van der Waals surface area (Å²) in [6.45, 7) is 0. The Labute approximate surface area is 102 Å². The molecule has 3 aromatic rings. The fourth-order valence-corrected chi connectivity index (χ4v) is 2.16. The SMILES string of the molecule is NC(=O)n1c2[c]cc(Cl)cc2c2ccncc21. The number of carbonyl (C=O) groups excluding carboxylic acids is 1. The van der Waals surface area contributed by atoms with E-state index in [0.29, 0.717) is 16.1 Å². The van der Waals surface area contributed by atoms with E-state index >= 15 is 0 Å². The van der Waals surface area contributed by atoms with Crippen LogP contribution in [0.5, 0.6) is 0 Å². The van der Waals surface area contributed by atoms with Gasteiger partial charge >= 0.3 is 6.03 Å². The van der Waals surface area contributed by atoms with Crippen molar-refractivity contribution >= 4 is 39.4 Å². The molecule has 0 atom stereocenters. The lowest BCUT2D eigenvalue weighted by Crippen LogP contribution is -2.18. The Morgan fingerprint density at radius 3 is 3.06 bits per heavy atom. The second-order valence-electron chi connectivity index (χ2n) is 3.65. The molecule has 0 unspecified atom stereocenters. The molecule has 0 aliphatic carbocycles. The smallest absolute Gasteiger partial charge is 0.323 e. The molecule has 3 rings (SSSR count). The van der Waals surface area contributed by atoms with Gasteiger partial charge in [-0.1, -0.05) is 11.6 Å². The molecule has 2 aromatic heterocycles. The van der Waals surface area contributed by atoms with Gasteiger partial charge < -0.3 is 5.73 Å². The highest BCUT2D eigenvalue weighted by molar-refractivity contribution is 6.32. The third kappa shape index (κ3) is 1.38. The molecule has 0 aliphatic rings. The van der Waals surface area contributed by atoms with Gasteiger partial charge in [0, 0.05) is 28.1 Å². The zero-order valence-corrected chi connectivity index (χ0v) is 9.40. The van der Waals surface area contributed by atoms with Gasteiger partial charge in [-0.25, -0.2) is 4.79 Å². The average molecular weight is 245 g/mol. The summed E-state index contributed by atoms with van der Waals surface area (Å²) in [6.07, 6.45) is 3.26. The standard InChI is InChI=1S/C12H7ClN3O/c13-7-1-2-10-9(5-7)8-3-4-15-6-11(8)16(10)12(14)17/h1,3-6H,(H2,14,17). The molecule has 1 aromatic carbocycles. The van der Waals surface area contributed by atoms with Gasteiger partial charge in [0.05, 0.1) is 17.2 Å². The summed E-state index contributed by atoms with van der Waals surface area (Å²) in [5.41, 5.74) is 6.65. The zero-order chi connectivity index (χ0) is 12.0. The van der Waals surface area contributed by atoms with Gasteiger partial charge in [0.2, 0.25) is 0 Å². The molecule has 4 nitrogen and oxygen atoms in total. The normalized spacial score (nSPS) is 11.1. The minimum absolute atomic E-state index is 0.559. The first-order valence-electron chi connectivity index (χ1n) is 4.93. The van der Waals surface area contributed by atoms with E-state index in [1.807, 2.05) is 6.07 Å². The molecule has 5 heteroatoms. The van der Waals surface area contributed by atoms with Crippen molar-refractivity contribution in [1.82, 2.24) is 9.55 Å². The molecule has 0 bridgehead atoms. The summed E-state index contributed by atoms with van der Waals surface area (Å²) in [5.74, 6) is 0. The van der Waals surface area contributed by atoms with Crippen molar-refractivity contribution in [1.29, 1.82) is 0 Å². The van der Waals surface area contributed by atoms with Crippen molar-refractivity contribution in [2.24, 2.45) is 5.73 Å². The van der Waals surface area contributed by atoms with Gasteiger partial charge in [-0.15, -0.1) is 0 Å². The molecule has 1 amide bonds. The third-order valence-electron chi connectivity index (χ3n) is 2.66. The van der Waals surface area contributed by atoms with E-state index in [1.54, 1.807) is 24.5 Å². The number of benzene rings is 1. The lowest BCUT2D eigenvalue weighted by molar-refractivity contribution is 0.252. The maximum absolute atomic E-state index is 11.5. The van der Waals surface area contributed by atoms with Crippen LogP contribution in [0.4, 0.5) is 4.79 Å². The summed E-state index contributed by atoms with van der Waals surface area (Å²) in [5, 5.41) is 2.29. The molecular weight excluding hydrogens is 238 g/mol. The number of halogens is 1. The predicted molar refractivity (Wildman–Crippen MR) is 66.1 cm³/mol.